The van der Waals surface area contributed by atoms with E-state index in [1.165, 1.54) is 12.7 Å². The predicted octanol–water partition coefficient (Wildman–Crippen LogP) is 1.86. The topological polar surface area (TPSA) is 29.5 Å². The zero-order valence-corrected chi connectivity index (χ0v) is 10.5. The highest BCUT2D eigenvalue weighted by Gasteiger charge is 1.98. The van der Waals surface area contributed by atoms with Crippen molar-refractivity contribution in [2.75, 3.05) is 25.6 Å². The number of rotatable bonds is 3. The maximum Gasteiger partial charge on any atom is 0.384 e. The number of nitrogens with zero attached hydrogens (tertiary/aromatic N) is 1. The van der Waals surface area contributed by atoms with Crippen LogP contribution < -0.4 is 4.90 Å². The van der Waals surface area contributed by atoms with Crippen LogP contribution in [0.2, 0.25) is 0 Å². The first-order valence-electron chi connectivity index (χ1n) is 5.54. The Bertz CT molecular complexity index is 426. The molecule has 0 saturated carbocycles. The highest BCUT2D eigenvalue weighted by molar-refractivity contribution is 5.88. The Kier molecular flexibility index (Phi) is 5.09. The molecule has 0 atom stereocenters. The molecular formula is C14H17NO2. The van der Waals surface area contributed by atoms with Gasteiger partial charge < -0.3 is 9.64 Å². The van der Waals surface area contributed by atoms with Gasteiger partial charge in [-0.15, -0.1) is 0 Å². The van der Waals surface area contributed by atoms with Gasteiger partial charge >= 0.3 is 5.97 Å². The van der Waals surface area contributed by atoms with E-state index in [2.05, 4.69) is 47.8 Å². The molecule has 1 rings (SSSR count). The fourth-order valence-electron chi connectivity index (χ4n) is 1.36. The van der Waals surface area contributed by atoms with Gasteiger partial charge in [0.05, 0.1) is 13.7 Å². The van der Waals surface area contributed by atoms with Gasteiger partial charge in [0.15, 0.2) is 0 Å². The van der Waals surface area contributed by atoms with Crippen molar-refractivity contribution in [3.8, 4) is 11.8 Å². The van der Waals surface area contributed by atoms with E-state index in [4.69, 9.17) is 0 Å². The molecule has 1 aromatic carbocycles. The number of hydrogen-bond acceptors (Lipinski definition) is 3. The van der Waals surface area contributed by atoms with Gasteiger partial charge in [-0.1, -0.05) is 25.0 Å². The van der Waals surface area contributed by atoms with Gasteiger partial charge in [-0.05, 0) is 24.1 Å². The maximum absolute atomic E-state index is 10.8. The average Bonchev–Trinajstić information content (AvgIpc) is 2.38. The maximum atomic E-state index is 10.8. The van der Waals surface area contributed by atoms with Crippen molar-refractivity contribution in [2.24, 2.45) is 0 Å². The lowest BCUT2D eigenvalue weighted by Gasteiger charge is -2.16. The second kappa shape index (κ2) is 6.59. The Morgan fingerprint density at radius 1 is 1.35 bits per heavy atom. The minimum absolute atomic E-state index is 0.500. The molecule has 0 aliphatic rings. The number of hydrogen-bond donors (Lipinski definition) is 0. The smallest absolute Gasteiger partial charge is 0.384 e. The van der Waals surface area contributed by atoms with Crippen LogP contribution >= 0.6 is 0 Å². The highest BCUT2D eigenvalue weighted by Crippen LogP contribution is 2.13. The standard InChI is InChI=1S/C14H17NO2/c1-4-12-7-9-13(10-8-12)15(2)11-5-6-14(16)17-3/h7-10H,4,11H2,1-3H3. The Balaban J connectivity index is 2.59. The molecule has 3 heteroatoms. The quantitative estimate of drug-likeness (QED) is 0.452. The summed E-state index contributed by atoms with van der Waals surface area (Å²) in [6.07, 6.45) is 1.03. The molecule has 0 unspecified atom stereocenters. The van der Waals surface area contributed by atoms with Crippen molar-refractivity contribution in [3.63, 3.8) is 0 Å². The molecule has 0 heterocycles. The fraction of sp³-hybridized carbons (Fsp3) is 0.357. The third-order valence-corrected chi connectivity index (χ3v) is 2.48. The van der Waals surface area contributed by atoms with Crippen molar-refractivity contribution in [2.45, 2.75) is 13.3 Å². The van der Waals surface area contributed by atoms with Crippen molar-refractivity contribution >= 4 is 11.7 Å². The van der Waals surface area contributed by atoms with Crippen molar-refractivity contribution < 1.29 is 9.53 Å². The van der Waals surface area contributed by atoms with Crippen molar-refractivity contribution in [3.05, 3.63) is 29.8 Å². The number of benzene rings is 1. The van der Waals surface area contributed by atoms with E-state index in [0.717, 1.165) is 12.1 Å². The molecule has 0 amide bonds. The molecule has 90 valence electrons. The van der Waals surface area contributed by atoms with E-state index < -0.39 is 5.97 Å². The van der Waals surface area contributed by atoms with E-state index in [0.29, 0.717) is 6.54 Å². The van der Waals surface area contributed by atoms with Crippen LogP contribution in [0.15, 0.2) is 24.3 Å². The number of aryl methyl sites for hydroxylation is 1. The lowest BCUT2D eigenvalue weighted by atomic mass is 10.1. The summed E-state index contributed by atoms with van der Waals surface area (Å²) in [6.45, 7) is 2.63. The number of methoxy groups -OCH3 is 1. The molecular weight excluding hydrogens is 214 g/mol. The summed E-state index contributed by atoms with van der Waals surface area (Å²) in [5.74, 6) is 4.67. The number of carbonyl (C=O) groups excluding carboxylic acids is 1. The average molecular weight is 231 g/mol. The summed E-state index contributed by atoms with van der Waals surface area (Å²) in [5.41, 5.74) is 2.39. The largest absolute Gasteiger partial charge is 0.459 e. The van der Waals surface area contributed by atoms with Crippen LogP contribution in [0.1, 0.15) is 12.5 Å². The lowest BCUT2D eigenvalue weighted by molar-refractivity contribution is -0.133. The van der Waals surface area contributed by atoms with Gasteiger partial charge in [-0.2, -0.15) is 0 Å². The molecule has 0 radical (unpaired) electrons. The second-order valence-corrected chi connectivity index (χ2v) is 3.67. The summed E-state index contributed by atoms with van der Waals surface area (Å²) in [6, 6.07) is 8.30. The zero-order valence-electron chi connectivity index (χ0n) is 10.5. The first-order chi connectivity index (χ1) is 8.17. The first kappa shape index (κ1) is 13.1. The Labute approximate surface area is 102 Å². The molecule has 3 nitrogen and oxygen atoms in total. The number of esters is 1. The summed E-state index contributed by atoms with van der Waals surface area (Å²) in [7, 11) is 3.26. The van der Waals surface area contributed by atoms with Crippen LogP contribution in [-0.2, 0) is 16.0 Å². The number of carbonyl (C=O) groups is 1. The molecule has 1 aromatic rings. The monoisotopic (exact) mass is 231 g/mol. The Morgan fingerprint density at radius 2 is 2.00 bits per heavy atom. The van der Waals surface area contributed by atoms with Crippen LogP contribution in [0.3, 0.4) is 0 Å². The van der Waals surface area contributed by atoms with E-state index in [-0.39, 0.29) is 0 Å². The lowest BCUT2D eigenvalue weighted by Crippen LogP contribution is -2.17. The molecule has 0 aromatic heterocycles. The van der Waals surface area contributed by atoms with Crippen LogP contribution in [0.4, 0.5) is 5.69 Å². The van der Waals surface area contributed by atoms with Crippen molar-refractivity contribution in [1.29, 1.82) is 0 Å². The molecule has 0 fully saturated rings. The predicted molar refractivity (Wildman–Crippen MR) is 68.9 cm³/mol. The van der Waals surface area contributed by atoms with Gasteiger partial charge in [-0.3, -0.25) is 0 Å². The van der Waals surface area contributed by atoms with Crippen LogP contribution in [-0.4, -0.2) is 26.7 Å². The van der Waals surface area contributed by atoms with E-state index in [9.17, 15) is 4.79 Å². The minimum atomic E-state index is -0.500. The molecule has 0 bridgehead atoms. The van der Waals surface area contributed by atoms with Gasteiger partial charge in [0, 0.05) is 18.7 Å². The summed E-state index contributed by atoms with van der Waals surface area (Å²) in [5, 5.41) is 0. The molecule has 0 saturated heterocycles. The number of ether oxygens (including phenoxy) is 1. The summed E-state index contributed by atoms with van der Waals surface area (Å²) >= 11 is 0. The summed E-state index contributed by atoms with van der Waals surface area (Å²) in [4.78, 5) is 12.8. The van der Waals surface area contributed by atoms with Crippen LogP contribution in [0, 0.1) is 11.8 Å². The molecule has 0 spiro atoms. The first-order valence-corrected chi connectivity index (χ1v) is 5.54. The third kappa shape index (κ3) is 4.20. The van der Waals surface area contributed by atoms with E-state index in [1.54, 1.807) is 0 Å². The van der Waals surface area contributed by atoms with Crippen molar-refractivity contribution in [1.82, 2.24) is 0 Å². The molecule has 0 aliphatic carbocycles. The third-order valence-electron chi connectivity index (χ3n) is 2.48. The van der Waals surface area contributed by atoms with E-state index in [1.807, 2.05) is 11.9 Å². The SMILES string of the molecule is CCc1ccc(N(C)CC#CC(=O)OC)cc1. The van der Waals surface area contributed by atoms with E-state index >= 15 is 0 Å². The highest BCUT2D eigenvalue weighted by atomic mass is 16.5. The van der Waals surface area contributed by atoms with Gasteiger partial charge in [0.1, 0.15) is 0 Å². The molecule has 17 heavy (non-hydrogen) atoms. The Hall–Kier alpha value is -1.95. The van der Waals surface area contributed by atoms with Gasteiger partial charge in [-0.25, -0.2) is 4.79 Å². The Morgan fingerprint density at radius 3 is 2.53 bits per heavy atom. The van der Waals surface area contributed by atoms with Crippen LogP contribution in [0.25, 0.3) is 0 Å². The molecule has 0 N–H and O–H groups in total. The second-order valence-electron chi connectivity index (χ2n) is 3.67. The molecule has 0 aliphatic heterocycles. The summed E-state index contributed by atoms with van der Waals surface area (Å²) < 4.78 is 4.44. The number of anilines is 1. The minimum Gasteiger partial charge on any atom is -0.459 e. The zero-order chi connectivity index (χ0) is 12.7. The fourth-order valence-corrected chi connectivity index (χ4v) is 1.36. The van der Waals surface area contributed by atoms with Crippen LogP contribution in [0.5, 0.6) is 0 Å². The normalized spacial score (nSPS) is 9.12. The van der Waals surface area contributed by atoms with Gasteiger partial charge in [0.2, 0.25) is 0 Å². The van der Waals surface area contributed by atoms with Gasteiger partial charge in [0.25, 0.3) is 0 Å².